The first kappa shape index (κ1) is 31.3. The monoisotopic (exact) mass is 675 g/mol. The van der Waals surface area contributed by atoms with Gasteiger partial charge in [0.2, 0.25) is 10.9 Å². The van der Waals surface area contributed by atoms with Crippen LogP contribution in [0.25, 0.3) is 0 Å². The molecule has 5 rings (SSSR count). The summed E-state index contributed by atoms with van der Waals surface area (Å²) >= 11 is 16.1. The molecule has 1 unspecified atom stereocenters. The summed E-state index contributed by atoms with van der Waals surface area (Å²) in [4.78, 5) is 29.0. The molecule has 2 aromatic heterocycles. The van der Waals surface area contributed by atoms with Crippen molar-refractivity contribution in [2.24, 2.45) is 0 Å². The van der Waals surface area contributed by atoms with Gasteiger partial charge in [0.25, 0.3) is 5.91 Å². The Kier molecular flexibility index (Phi) is 10.3. The lowest BCUT2D eigenvalue weighted by Gasteiger charge is -2.24. The summed E-state index contributed by atoms with van der Waals surface area (Å²) in [5, 5.41) is 22.7. The molecule has 224 valence electrons. The van der Waals surface area contributed by atoms with E-state index in [1.165, 1.54) is 46.4 Å². The van der Waals surface area contributed by atoms with Crippen LogP contribution in [0.5, 0.6) is 11.5 Å². The third kappa shape index (κ3) is 6.86. The minimum Gasteiger partial charge on any atom is -0.503 e. The lowest BCUT2D eigenvalue weighted by Crippen LogP contribution is -2.31. The molecule has 43 heavy (non-hydrogen) atoms. The molecule has 0 fully saturated rings. The maximum Gasteiger partial charge on any atom is 0.296 e. The minimum atomic E-state index is -0.971. The smallest absolute Gasteiger partial charge is 0.296 e. The molecule has 1 atom stereocenters. The van der Waals surface area contributed by atoms with Crippen molar-refractivity contribution in [2.75, 3.05) is 18.6 Å². The highest BCUT2D eigenvalue weighted by molar-refractivity contribution is 8.00. The van der Waals surface area contributed by atoms with Crippen molar-refractivity contribution in [3.63, 3.8) is 0 Å². The number of unbranched alkanes of at least 4 members (excludes halogenated alkanes) is 2. The van der Waals surface area contributed by atoms with E-state index < -0.39 is 23.5 Å². The van der Waals surface area contributed by atoms with Gasteiger partial charge in [-0.15, -0.1) is 21.5 Å². The number of aromatic nitrogens is 2. The van der Waals surface area contributed by atoms with Crippen LogP contribution in [0.4, 0.5) is 5.13 Å². The van der Waals surface area contributed by atoms with Gasteiger partial charge in [0, 0.05) is 15.8 Å². The summed E-state index contributed by atoms with van der Waals surface area (Å²) in [6.45, 7) is 2.66. The van der Waals surface area contributed by atoms with Crippen molar-refractivity contribution in [1.29, 1.82) is 0 Å². The van der Waals surface area contributed by atoms with Crippen molar-refractivity contribution in [2.45, 2.75) is 42.3 Å². The van der Waals surface area contributed by atoms with Crippen LogP contribution in [0.15, 0.2) is 69.6 Å². The molecule has 0 saturated heterocycles. The maximum atomic E-state index is 13.7. The fourth-order valence-corrected chi connectivity index (χ4v) is 7.64. The molecule has 0 bridgehead atoms. The van der Waals surface area contributed by atoms with Gasteiger partial charge in [0.1, 0.15) is 0 Å². The molecule has 0 aliphatic carbocycles. The number of methoxy groups -OCH3 is 1. The Labute approximate surface area is 271 Å². The molecular weight excluding hydrogens is 649 g/mol. The number of ether oxygens (including phenoxy) is 2. The standard InChI is InChI=1S/C30H27Cl2N3O5S3/c1-3-4-5-12-40-21-11-9-17(14-22(21)39-2)25-24(26(36)23-7-6-13-41-23)27(37)28(38)35(25)29-33-34-30(43-29)42-16-18-8-10-19(31)15-20(18)32/h6-11,13-15,25,37H,3-5,12,16H2,1-2H3. The van der Waals surface area contributed by atoms with Crippen molar-refractivity contribution in [1.82, 2.24) is 10.2 Å². The van der Waals surface area contributed by atoms with Crippen LogP contribution in [-0.2, 0) is 10.5 Å². The Morgan fingerprint density at radius 2 is 1.95 bits per heavy atom. The predicted octanol–water partition coefficient (Wildman–Crippen LogP) is 8.56. The number of thiophene rings is 1. The van der Waals surface area contributed by atoms with Gasteiger partial charge in [0.05, 0.1) is 30.2 Å². The van der Waals surface area contributed by atoms with Crippen LogP contribution in [0, 0.1) is 0 Å². The summed E-state index contributed by atoms with van der Waals surface area (Å²) < 4.78 is 12.1. The van der Waals surface area contributed by atoms with Crippen LogP contribution in [-0.4, -0.2) is 40.7 Å². The molecule has 1 aliphatic heterocycles. The molecule has 8 nitrogen and oxygen atoms in total. The van der Waals surface area contributed by atoms with E-state index in [0.29, 0.717) is 48.7 Å². The van der Waals surface area contributed by atoms with E-state index in [2.05, 4.69) is 17.1 Å². The number of anilines is 1. The third-order valence-electron chi connectivity index (χ3n) is 6.67. The number of thioether (sulfide) groups is 1. The average Bonchev–Trinajstić information content (AvgIpc) is 3.76. The number of halogens is 2. The fraction of sp³-hybridized carbons (Fsp3) is 0.267. The lowest BCUT2D eigenvalue weighted by atomic mass is 9.95. The average molecular weight is 677 g/mol. The number of nitrogens with zero attached hydrogens (tertiary/aromatic N) is 3. The summed E-state index contributed by atoms with van der Waals surface area (Å²) in [5.74, 6) is -0.303. The Bertz CT molecular complexity index is 1660. The Morgan fingerprint density at radius 1 is 1.12 bits per heavy atom. The molecule has 1 aliphatic rings. The first-order valence-electron chi connectivity index (χ1n) is 13.4. The van der Waals surface area contributed by atoms with E-state index in [0.717, 1.165) is 24.8 Å². The van der Waals surface area contributed by atoms with E-state index >= 15 is 0 Å². The Balaban J connectivity index is 1.48. The topological polar surface area (TPSA) is 102 Å². The van der Waals surface area contributed by atoms with E-state index in [1.54, 1.807) is 47.8 Å². The zero-order chi connectivity index (χ0) is 30.5. The summed E-state index contributed by atoms with van der Waals surface area (Å²) in [5.41, 5.74) is 1.38. The van der Waals surface area contributed by atoms with Gasteiger partial charge >= 0.3 is 0 Å². The first-order chi connectivity index (χ1) is 20.8. The number of hydrogen-bond donors (Lipinski definition) is 1. The van der Waals surface area contributed by atoms with Gasteiger partial charge in [-0.2, -0.15) is 0 Å². The second kappa shape index (κ2) is 14.1. The van der Waals surface area contributed by atoms with E-state index in [9.17, 15) is 14.7 Å². The van der Waals surface area contributed by atoms with Gasteiger partial charge in [-0.25, -0.2) is 0 Å². The molecular formula is C30H27Cl2N3O5S3. The molecule has 0 spiro atoms. The normalized spacial score (nSPS) is 14.9. The minimum absolute atomic E-state index is 0.0385. The number of ketones is 1. The number of rotatable bonds is 13. The molecule has 13 heteroatoms. The number of carbonyl (C=O) groups is 2. The van der Waals surface area contributed by atoms with Gasteiger partial charge < -0.3 is 14.6 Å². The zero-order valence-electron chi connectivity index (χ0n) is 23.2. The quantitative estimate of drug-likeness (QED) is 0.0651. The summed E-state index contributed by atoms with van der Waals surface area (Å²) in [7, 11) is 1.53. The second-order valence-electron chi connectivity index (χ2n) is 9.49. The number of hydrogen-bond acceptors (Lipinski definition) is 10. The highest BCUT2D eigenvalue weighted by Crippen LogP contribution is 2.46. The first-order valence-corrected chi connectivity index (χ1v) is 16.8. The van der Waals surface area contributed by atoms with Crippen molar-refractivity contribution in [3.05, 3.63) is 91.3 Å². The number of Topliss-reactive ketones (excluding diaryl/α,β-unsaturated/α-hetero) is 1. The van der Waals surface area contributed by atoms with Crippen molar-refractivity contribution in [3.8, 4) is 11.5 Å². The third-order valence-corrected chi connectivity index (χ3v) is 10.2. The number of aliphatic hydroxyl groups is 1. The van der Waals surface area contributed by atoms with Crippen molar-refractivity contribution >= 4 is 74.5 Å². The zero-order valence-corrected chi connectivity index (χ0v) is 27.2. The second-order valence-corrected chi connectivity index (χ2v) is 13.5. The number of benzene rings is 2. The van der Waals surface area contributed by atoms with E-state index in [4.69, 9.17) is 32.7 Å². The SMILES string of the molecule is CCCCCOc1ccc(C2C(C(=O)c3cccs3)=C(O)C(=O)N2c2nnc(SCc3ccc(Cl)cc3Cl)s2)cc1OC. The molecule has 1 amide bonds. The predicted molar refractivity (Wildman–Crippen MR) is 172 cm³/mol. The van der Waals surface area contributed by atoms with Gasteiger partial charge in [0.15, 0.2) is 21.6 Å². The van der Waals surface area contributed by atoms with Gasteiger partial charge in [-0.3, -0.25) is 14.5 Å². The molecule has 3 heterocycles. The molecule has 0 radical (unpaired) electrons. The Hall–Kier alpha value is -3.09. The number of aliphatic hydroxyl groups excluding tert-OH is 1. The van der Waals surface area contributed by atoms with Crippen molar-refractivity contribution < 1.29 is 24.2 Å². The molecule has 0 saturated carbocycles. The van der Waals surface area contributed by atoms with E-state index in [1.807, 2.05) is 6.07 Å². The number of carbonyl (C=O) groups excluding carboxylic acids is 2. The lowest BCUT2D eigenvalue weighted by molar-refractivity contribution is -0.117. The van der Waals surface area contributed by atoms with Crippen LogP contribution in [0.3, 0.4) is 0 Å². The molecule has 4 aromatic rings. The van der Waals surface area contributed by atoms with Crippen LogP contribution in [0.1, 0.15) is 53.0 Å². The molecule has 1 N–H and O–H groups in total. The fourth-order valence-electron chi connectivity index (χ4n) is 4.53. The van der Waals surface area contributed by atoms with Crippen LogP contribution >= 0.6 is 57.6 Å². The largest absolute Gasteiger partial charge is 0.503 e. The van der Waals surface area contributed by atoms with Crippen LogP contribution < -0.4 is 14.4 Å². The highest BCUT2D eigenvalue weighted by Gasteiger charge is 2.46. The number of amides is 1. The van der Waals surface area contributed by atoms with Gasteiger partial charge in [-0.05, 0) is 53.3 Å². The summed E-state index contributed by atoms with van der Waals surface area (Å²) in [6, 6.07) is 13.0. The Morgan fingerprint density at radius 3 is 2.67 bits per heavy atom. The molecule has 2 aromatic carbocycles. The van der Waals surface area contributed by atoms with Gasteiger partial charge in [-0.1, -0.05) is 84.3 Å². The maximum absolute atomic E-state index is 13.7. The van der Waals surface area contributed by atoms with E-state index in [-0.39, 0.29) is 10.7 Å². The highest BCUT2D eigenvalue weighted by atomic mass is 35.5. The summed E-state index contributed by atoms with van der Waals surface area (Å²) in [6.07, 6.45) is 3.03. The van der Waals surface area contributed by atoms with Crippen LogP contribution in [0.2, 0.25) is 10.0 Å².